The van der Waals surface area contributed by atoms with Gasteiger partial charge in [-0.25, -0.2) is 23.2 Å². The summed E-state index contributed by atoms with van der Waals surface area (Å²) in [6.07, 6.45) is 0. The maximum Gasteiger partial charge on any atom is 0.336 e. The van der Waals surface area contributed by atoms with Gasteiger partial charge in [0.2, 0.25) is 0 Å². The number of rotatable bonds is 6. The summed E-state index contributed by atoms with van der Waals surface area (Å²) in [7, 11) is 1.24. The zero-order chi connectivity index (χ0) is 25.7. The number of anilines is 2. The molecule has 0 aromatic heterocycles. The zero-order valence-corrected chi connectivity index (χ0v) is 19.6. The summed E-state index contributed by atoms with van der Waals surface area (Å²) in [5, 5.41) is 7.91. The second kappa shape index (κ2) is 10.8. The monoisotopic (exact) mass is 485 g/mol. The van der Waals surface area contributed by atoms with Gasteiger partial charge >= 0.3 is 18.0 Å². The molecule has 0 fully saturated rings. The largest absolute Gasteiger partial charge is 0.466 e. The molecule has 1 atom stereocenters. The maximum absolute atomic E-state index is 13.9. The van der Waals surface area contributed by atoms with Crippen LogP contribution in [0.15, 0.2) is 65.0 Å². The summed E-state index contributed by atoms with van der Waals surface area (Å²) in [4.78, 5) is 37.9. The van der Waals surface area contributed by atoms with Crippen molar-refractivity contribution < 1.29 is 32.6 Å². The molecule has 0 saturated heterocycles. The summed E-state index contributed by atoms with van der Waals surface area (Å²) < 4.78 is 37.2. The molecule has 0 spiro atoms. The fourth-order valence-corrected chi connectivity index (χ4v) is 3.86. The lowest BCUT2D eigenvalue weighted by atomic mass is 9.80. The number of amides is 2. The van der Waals surface area contributed by atoms with Crippen LogP contribution in [0.5, 0.6) is 0 Å². The molecule has 2 aromatic carbocycles. The van der Waals surface area contributed by atoms with Crippen molar-refractivity contribution in [2.24, 2.45) is 0 Å². The molecule has 1 aliphatic rings. The van der Waals surface area contributed by atoms with Gasteiger partial charge in [0.05, 0.1) is 36.5 Å². The minimum absolute atomic E-state index is 0.139. The Morgan fingerprint density at radius 1 is 0.971 bits per heavy atom. The van der Waals surface area contributed by atoms with Crippen LogP contribution in [0.25, 0.3) is 0 Å². The normalized spacial score (nSPS) is 15.3. The minimum atomic E-state index is -0.924. The lowest BCUT2D eigenvalue weighted by molar-refractivity contribution is -0.139. The van der Waals surface area contributed by atoms with Gasteiger partial charge in [-0.1, -0.05) is 12.1 Å². The van der Waals surface area contributed by atoms with E-state index < -0.39 is 35.5 Å². The summed E-state index contributed by atoms with van der Waals surface area (Å²) in [6, 6.07) is 8.50. The van der Waals surface area contributed by atoms with E-state index in [1.807, 2.05) is 0 Å². The van der Waals surface area contributed by atoms with Crippen molar-refractivity contribution >= 4 is 29.3 Å². The second-order valence-corrected chi connectivity index (χ2v) is 7.68. The fourth-order valence-electron chi connectivity index (χ4n) is 3.86. The Hall–Kier alpha value is -4.21. The van der Waals surface area contributed by atoms with E-state index in [4.69, 9.17) is 9.47 Å². The van der Waals surface area contributed by atoms with E-state index in [0.717, 1.165) is 12.1 Å². The number of carbonyl (C=O) groups excluding carboxylic acids is 3. The Balaban J connectivity index is 1.96. The summed E-state index contributed by atoms with van der Waals surface area (Å²) in [5.74, 6) is -3.75. The van der Waals surface area contributed by atoms with Crippen molar-refractivity contribution in [2.45, 2.75) is 26.7 Å². The topological polar surface area (TPSA) is 106 Å². The fraction of sp³-hybridized carbons (Fsp3) is 0.240. The first-order chi connectivity index (χ1) is 16.7. The molecule has 3 rings (SSSR count). The second-order valence-electron chi connectivity index (χ2n) is 7.68. The lowest BCUT2D eigenvalue weighted by Crippen LogP contribution is -2.32. The molecule has 35 heavy (non-hydrogen) atoms. The van der Waals surface area contributed by atoms with Gasteiger partial charge in [-0.05, 0) is 50.6 Å². The molecule has 2 aromatic rings. The number of benzene rings is 2. The Kier molecular flexibility index (Phi) is 7.85. The van der Waals surface area contributed by atoms with Gasteiger partial charge in [0, 0.05) is 23.1 Å². The van der Waals surface area contributed by atoms with Gasteiger partial charge in [0.25, 0.3) is 0 Å². The molecule has 0 saturated carbocycles. The van der Waals surface area contributed by atoms with Crippen molar-refractivity contribution in [1.29, 1.82) is 0 Å². The molecular weight excluding hydrogens is 460 g/mol. The Labute approximate surface area is 201 Å². The Bertz CT molecular complexity index is 1240. The van der Waals surface area contributed by atoms with Crippen molar-refractivity contribution in [1.82, 2.24) is 5.32 Å². The van der Waals surface area contributed by atoms with Crippen LogP contribution in [-0.4, -0.2) is 31.7 Å². The summed E-state index contributed by atoms with van der Waals surface area (Å²) >= 11 is 0. The number of nitrogens with one attached hydrogen (secondary N) is 3. The van der Waals surface area contributed by atoms with Gasteiger partial charge in [-0.3, -0.25) is 0 Å². The van der Waals surface area contributed by atoms with Crippen molar-refractivity contribution in [2.75, 3.05) is 24.4 Å². The van der Waals surface area contributed by atoms with E-state index in [9.17, 15) is 23.2 Å². The minimum Gasteiger partial charge on any atom is -0.466 e. The van der Waals surface area contributed by atoms with Crippen LogP contribution in [0.3, 0.4) is 0 Å². The molecule has 0 radical (unpaired) electrons. The number of dihydropyridines is 1. The van der Waals surface area contributed by atoms with Crippen LogP contribution < -0.4 is 16.0 Å². The van der Waals surface area contributed by atoms with Gasteiger partial charge in [-0.15, -0.1) is 0 Å². The standard InChI is InChI=1S/C25H25F2N3O5/c1-5-35-24(32)21-14(3)28-13(2)20(23(31)34-4)22(21)15-7-6-8-17(11-15)29-25(33)30-19-10-9-16(26)12-18(19)27/h6-12,22,28H,5H2,1-4H3,(H2,29,30,33). The van der Waals surface area contributed by atoms with Gasteiger partial charge in [-0.2, -0.15) is 0 Å². The van der Waals surface area contributed by atoms with Crippen molar-refractivity contribution in [3.63, 3.8) is 0 Å². The van der Waals surface area contributed by atoms with E-state index in [1.54, 1.807) is 45.0 Å². The molecule has 2 amide bonds. The average Bonchev–Trinajstić information content (AvgIpc) is 2.80. The van der Waals surface area contributed by atoms with Gasteiger partial charge in [0.1, 0.15) is 11.6 Å². The predicted molar refractivity (Wildman–Crippen MR) is 125 cm³/mol. The molecule has 1 heterocycles. The number of methoxy groups -OCH3 is 1. The first-order valence-corrected chi connectivity index (χ1v) is 10.7. The number of hydrogen-bond acceptors (Lipinski definition) is 6. The molecular formula is C25H25F2N3O5. The SMILES string of the molecule is CCOC(=O)C1=C(C)NC(C)=C(C(=O)OC)C1c1cccc(NC(=O)Nc2ccc(F)cc2F)c1. The third kappa shape index (κ3) is 5.65. The lowest BCUT2D eigenvalue weighted by Gasteiger charge is -2.30. The van der Waals surface area contributed by atoms with E-state index in [1.165, 1.54) is 7.11 Å². The number of hydrogen-bond donors (Lipinski definition) is 3. The van der Waals surface area contributed by atoms with E-state index in [-0.39, 0.29) is 23.4 Å². The summed E-state index contributed by atoms with van der Waals surface area (Å²) in [6.45, 7) is 5.20. The molecule has 8 nitrogen and oxygen atoms in total. The smallest absolute Gasteiger partial charge is 0.336 e. The zero-order valence-electron chi connectivity index (χ0n) is 19.6. The van der Waals surface area contributed by atoms with Crippen LogP contribution in [0, 0.1) is 11.6 Å². The predicted octanol–water partition coefficient (Wildman–Crippen LogP) is 4.58. The van der Waals surface area contributed by atoms with Crippen LogP contribution >= 0.6 is 0 Å². The highest BCUT2D eigenvalue weighted by atomic mass is 19.1. The van der Waals surface area contributed by atoms with Gasteiger partial charge in [0.15, 0.2) is 0 Å². The molecule has 0 bridgehead atoms. The molecule has 3 N–H and O–H groups in total. The quantitative estimate of drug-likeness (QED) is 0.518. The van der Waals surface area contributed by atoms with Crippen LogP contribution in [0.4, 0.5) is 25.0 Å². The molecule has 1 aliphatic heterocycles. The van der Waals surface area contributed by atoms with E-state index in [0.29, 0.717) is 28.7 Å². The molecule has 10 heteroatoms. The molecule has 1 unspecified atom stereocenters. The average molecular weight is 485 g/mol. The highest BCUT2D eigenvalue weighted by Crippen LogP contribution is 2.39. The van der Waals surface area contributed by atoms with Crippen molar-refractivity contribution in [3.05, 3.63) is 82.2 Å². The number of urea groups is 1. The van der Waals surface area contributed by atoms with E-state index in [2.05, 4.69) is 16.0 Å². The number of esters is 2. The van der Waals surface area contributed by atoms with Gasteiger partial charge < -0.3 is 25.4 Å². The highest BCUT2D eigenvalue weighted by Gasteiger charge is 2.37. The van der Waals surface area contributed by atoms with E-state index >= 15 is 0 Å². The van der Waals surface area contributed by atoms with Crippen molar-refractivity contribution in [3.8, 4) is 0 Å². The third-order valence-electron chi connectivity index (χ3n) is 5.32. The first-order valence-electron chi connectivity index (χ1n) is 10.7. The first kappa shape index (κ1) is 25.4. The number of allylic oxidation sites excluding steroid dienone is 2. The molecule has 184 valence electrons. The number of halogens is 2. The third-order valence-corrected chi connectivity index (χ3v) is 5.32. The molecule has 0 aliphatic carbocycles. The highest BCUT2D eigenvalue weighted by molar-refractivity contribution is 6.01. The Morgan fingerprint density at radius 3 is 2.29 bits per heavy atom. The van der Waals surface area contributed by atoms with Crippen LogP contribution in [-0.2, 0) is 19.1 Å². The number of ether oxygens (including phenoxy) is 2. The van der Waals surface area contributed by atoms with Crippen LogP contribution in [0.1, 0.15) is 32.3 Å². The number of carbonyl (C=O) groups is 3. The Morgan fingerprint density at radius 2 is 1.66 bits per heavy atom. The van der Waals surface area contributed by atoms with Crippen LogP contribution in [0.2, 0.25) is 0 Å². The summed E-state index contributed by atoms with van der Waals surface area (Å²) in [5.41, 5.74) is 2.09. The maximum atomic E-state index is 13.9.